The number of carboxylic acid groups (broad SMARTS) is 1. The predicted octanol–water partition coefficient (Wildman–Crippen LogP) is 3.02. The van der Waals surface area contributed by atoms with Crippen molar-refractivity contribution in [1.82, 2.24) is 4.98 Å². The van der Waals surface area contributed by atoms with E-state index in [1.165, 1.54) is 6.07 Å². The Hall–Kier alpha value is -1.72. The summed E-state index contributed by atoms with van der Waals surface area (Å²) in [5, 5.41) is 11.8. The van der Waals surface area contributed by atoms with E-state index in [1.807, 2.05) is 0 Å². The van der Waals surface area contributed by atoms with Gasteiger partial charge in [-0.05, 0) is 30.9 Å². The molecular weight excluding hydrogens is 254 g/mol. The summed E-state index contributed by atoms with van der Waals surface area (Å²) in [6.07, 6.45) is 0.834. The molecule has 0 unspecified atom stereocenters. The Labute approximate surface area is 109 Å². The summed E-state index contributed by atoms with van der Waals surface area (Å²) in [5.74, 6) is -2.94. The first-order chi connectivity index (χ1) is 8.96. The molecule has 1 saturated carbocycles. The van der Waals surface area contributed by atoms with Crippen LogP contribution in [0.15, 0.2) is 18.2 Å². The van der Waals surface area contributed by atoms with E-state index in [-0.39, 0.29) is 24.5 Å². The van der Waals surface area contributed by atoms with E-state index in [4.69, 9.17) is 5.11 Å². The lowest BCUT2D eigenvalue weighted by atomic mass is 9.87. The van der Waals surface area contributed by atoms with Crippen molar-refractivity contribution in [3.05, 3.63) is 23.9 Å². The zero-order chi connectivity index (χ0) is 13.9. The molecule has 1 aliphatic rings. The van der Waals surface area contributed by atoms with Gasteiger partial charge in [0, 0.05) is 19.4 Å². The van der Waals surface area contributed by atoms with Crippen molar-refractivity contribution in [3.63, 3.8) is 0 Å². The maximum atomic E-state index is 13.0. The van der Waals surface area contributed by atoms with E-state index in [0.717, 1.165) is 0 Å². The number of aromatic nitrogens is 1. The first kappa shape index (κ1) is 13.7. The van der Waals surface area contributed by atoms with E-state index >= 15 is 0 Å². The third-order valence-electron chi connectivity index (χ3n) is 3.38. The Morgan fingerprint density at radius 3 is 2.74 bits per heavy atom. The highest BCUT2D eigenvalue weighted by Gasteiger charge is 2.34. The van der Waals surface area contributed by atoms with Gasteiger partial charge in [-0.3, -0.25) is 0 Å². The monoisotopic (exact) mass is 270 g/mol. The van der Waals surface area contributed by atoms with Crippen LogP contribution < -0.4 is 5.32 Å². The van der Waals surface area contributed by atoms with Crippen LogP contribution in [0.1, 0.15) is 36.2 Å². The molecule has 2 rings (SSSR count). The summed E-state index contributed by atoms with van der Waals surface area (Å²) in [6, 6.07) is 4.69. The van der Waals surface area contributed by atoms with Crippen LogP contribution in [-0.4, -0.2) is 28.5 Å². The third-order valence-corrected chi connectivity index (χ3v) is 3.38. The molecule has 0 amide bonds. The quantitative estimate of drug-likeness (QED) is 0.882. The number of pyridine rings is 1. The molecule has 1 fully saturated rings. The minimum absolute atomic E-state index is 0.0276. The van der Waals surface area contributed by atoms with Gasteiger partial charge in [-0.15, -0.1) is 0 Å². The van der Waals surface area contributed by atoms with Crippen LogP contribution >= 0.6 is 0 Å². The van der Waals surface area contributed by atoms with Gasteiger partial charge in [0.1, 0.15) is 5.82 Å². The lowest BCUT2D eigenvalue weighted by molar-refractivity contribution is -0.0443. The van der Waals surface area contributed by atoms with Crippen molar-refractivity contribution in [2.24, 2.45) is 5.92 Å². The molecule has 0 bridgehead atoms. The topological polar surface area (TPSA) is 62.2 Å². The molecular formula is C13H16F2N2O2. The van der Waals surface area contributed by atoms with Gasteiger partial charge < -0.3 is 10.4 Å². The van der Waals surface area contributed by atoms with Crippen LogP contribution in [0.4, 0.5) is 14.6 Å². The van der Waals surface area contributed by atoms with Crippen molar-refractivity contribution in [2.45, 2.75) is 31.6 Å². The van der Waals surface area contributed by atoms with Crippen LogP contribution in [-0.2, 0) is 0 Å². The minimum Gasteiger partial charge on any atom is -0.477 e. The van der Waals surface area contributed by atoms with Gasteiger partial charge in [-0.1, -0.05) is 6.07 Å². The van der Waals surface area contributed by atoms with Gasteiger partial charge in [0.15, 0.2) is 5.69 Å². The Morgan fingerprint density at radius 2 is 2.11 bits per heavy atom. The molecule has 0 aromatic carbocycles. The van der Waals surface area contributed by atoms with Gasteiger partial charge >= 0.3 is 5.97 Å². The normalized spacial score (nSPS) is 19.1. The number of aromatic carboxylic acids is 1. The number of nitrogens with one attached hydrogen (secondary N) is 1. The number of carbonyl (C=O) groups is 1. The molecule has 104 valence electrons. The van der Waals surface area contributed by atoms with Gasteiger partial charge in [0.05, 0.1) is 0 Å². The molecule has 6 heteroatoms. The van der Waals surface area contributed by atoms with E-state index in [2.05, 4.69) is 10.3 Å². The van der Waals surface area contributed by atoms with Crippen LogP contribution in [0.25, 0.3) is 0 Å². The average molecular weight is 270 g/mol. The van der Waals surface area contributed by atoms with Crippen molar-refractivity contribution in [1.29, 1.82) is 0 Å². The first-order valence-electron chi connectivity index (χ1n) is 6.28. The lowest BCUT2D eigenvalue weighted by Crippen LogP contribution is -2.28. The molecule has 0 saturated heterocycles. The van der Waals surface area contributed by atoms with Crippen LogP contribution in [0.2, 0.25) is 0 Å². The fourth-order valence-corrected chi connectivity index (χ4v) is 2.21. The molecule has 1 aromatic heterocycles. The maximum Gasteiger partial charge on any atom is 0.354 e. The van der Waals surface area contributed by atoms with Gasteiger partial charge in [0.2, 0.25) is 5.92 Å². The third kappa shape index (κ3) is 3.87. The fraction of sp³-hybridized carbons (Fsp3) is 0.538. The first-order valence-corrected chi connectivity index (χ1v) is 6.28. The van der Waals surface area contributed by atoms with E-state index in [0.29, 0.717) is 25.2 Å². The number of hydrogen-bond acceptors (Lipinski definition) is 3. The molecule has 0 spiro atoms. The summed E-state index contributed by atoms with van der Waals surface area (Å²) in [4.78, 5) is 14.7. The zero-order valence-corrected chi connectivity index (χ0v) is 10.4. The highest BCUT2D eigenvalue weighted by atomic mass is 19.3. The summed E-state index contributed by atoms with van der Waals surface area (Å²) >= 11 is 0. The van der Waals surface area contributed by atoms with E-state index in [1.54, 1.807) is 12.1 Å². The number of anilines is 1. The molecule has 1 aliphatic carbocycles. The standard InChI is InChI=1S/C13H16F2N2O2/c14-13(15)6-4-9(5-7-13)8-16-11-3-1-2-10(17-11)12(18)19/h1-3,9H,4-8H2,(H,16,17)(H,18,19). The summed E-state index contributed by atoms with van der Waals surface area (Å²) in [7, 11) is 0. The molecule has 19 heavy (non-hydrogen) atoms. The van der Waals surface area contributed by atoms with E-state index < -0.39 is 11.9 Å². The molecule has 1 heterocycles. The maximum absolute atomic E-state index is 13.0. The molecule has 0 radical (unpaired) electrons. The minimum atomic E-state index is -2.52. The second kappa shape index (κ2) is 5.50. The van der Waals surface area contributed by atoms with Crippen LogP contribution in [0.3, 0.4) is 0 Å². The largest absolute Gasteiger partial charge is 0.477 e. The summed E-state index contributed by atoms with van der Waals surface area (Å²) < 4.78 is 26.0. The number of nitrogens with zero attached hydrogens (tertiary/aromatic N) is 1. The van der Waals surface area contributed by atoms with Crippen LogP contribution in [0, 0.1) is 5.92 Å². The Balaban J connectivity index is 1.86. The van der Waals surface area contributed by atoms with Crippen molar-refractivity contribution in [2.75, 3.05) is 11.9 Å². The number of hydrogen-bond donors (Lipinski definition) is 2. The molecule has 0 aliphatic heterocycles. The highest BCUT2D eigenvalue weighted by Crippen LogP contribution is 2.36. The number of halogens is 2. The Bertz CT molecular complexity index is 456. The summed E-state index contributed by atoms with van der Waals surface area (Å²) in [6.45, 7) is 0.548. The van der Waals surface area contributed by atoms with Gasteiger partial charge in [0.25, 0.3) is 0 Å². The van der Waals surface area contributed by atoms with Gasteiger partial charge in [-0.25, -0.2) is 18.6 Å². The Kier molecular flexibility index (Phi) is 3.97. The van der Waals surface area contributed by atoms with Crippen LogP contribution in [0.5, 0.6) is 0 Å². The lowest BCUT2D eigenvalue weighted by Gasteiger charge is -2.28. The Morgan fingerprint density at radius 1 is 1.42 bits per heavy atom. The smallest absolute Gasteiger partial charge is 0.354 e. The second-order valence-electron chi connectivity index (χ2n) is 4.89. The van der Waals surface area contributed by atoms with Gasteiger partial charge in [-0.2, -0.15) is 0 Å². The van der Waals surface area contributed by atoms with Crippen molar-refractivity contribution >= 4 is 11.8 Å². The predicted molar refractivity (Wildman–Crippen MR) is 66.6 cm³/mol. The summed E-state index contributed by atoms with van der Waals surface area (Å²) in [5.41, 5.74) is -0.0276. The molecule has 0 atom stereocenters. The SMILES string of the molecule is O=C(O)c1cccc(NCC2CCC(F)(F)CC2)n1. The highest BCUT2D eigenvalue weighted by molar-refractivity contribution is 5.85. The van der Waals surface area contributed by atoms with Crippen molar-refractivity contribution in [3.8, 4) is 0 Å². The molecule has 2 N–H and O–H groups in total. The van der Waals surface area contributed by atoms with E-state index in [9.17, 15) is 13.6 Å². The number of carboxylic acids is 1. The number of alkyl halides is 2. The molecule has 1 aromatic rings. The molecule has 4 nitrogen and oxygen atoms in total. The average Bonchev–Trinajstić information content (AvgIpc) is 2.38. The number of rotatable bonds is 4. The zero-order valence-electron chi connectivity index (χ0n) is 10.4. The fourth-order valence-electron chi connectivity index (χ4n) is 2.21. The second-order valence-corrected chi connectivity index (χ2v) is 4.89. The van der Waals surface area contributed by atoms with Crippen molar-refractivity contribution < 1.29 is 18.7 Å².